The maximum absolute atomic E-state index is 11.7. The van der Waals surface area contributed by atoms with Gasteiger partial charge in [-0.25, -0.2) is 0 Å². The van der Waals surface area contributed by atoms with Crippen LogP contribution in [-0.4, -0.2) is 5.78 Å². The second-order valence-electron chi connectivity index (χ2n) is 4.32. The summed E-state index contributed by atoms with van der Waals surface area (Å²) in [6.45, 7) is 4.25. The molecule has 1 aliphatic carbocycles. The smallest absolute Gasteiger partial charge is 0.164 e. The van der Waals surface area contributed by atoms with Gasteiger partial charge in [0.1, 0.15) is 0 Å². The first kappa shape index (κ1) is 9.25. The third-order valence-electron chi connectivity index (χ3n) is 3.33. The maximum atomic E-state index is 11.7. The minimum atomic E-state index is 0.00178. The molecule has 1 atom stereocenters. The number of anilines is 1. The maximum Gasteiger partial charge on any atom is 0.164 e. The summed E-state index contributed by atoms with van der Waals surface area (Å²) in [5.41, 5.74) is 8.48. The van der Waals surface area contributed by atoms with Gasteiger partial charge in [0.25, 0.3) is 0 Å². The lowest BCUT2D eigenvalue weighted by Gasteiger charge is -2.22. The van der Waals surface area contributed by atoms with Gasteiger partial charge in [-0.15, -0.1) is 0 Å². The second kappa shape index (κ2) is 2.84. The van der Waals surface area contributed by atoms with Gasteiger partial charge in [0.15, 0.2) is 5.78 Å². The first-order chi connectivity index (χ1) is 6.57. The number of carbonyl (C=O) groups excluding carboxylic acids is 1. The van der Waals surface area contributed by atoms with Crippen LogP contribution < -0.4 is 5.73 Å². The van der Waals surface area contributed by atoms with Crippen molar-refractivity contribution in [3.63, 3.8) is 0 Å². The third kappa shape index (κ3) is 1.14. The molecule has 0 radical (unpaired) electrons. The summed E-state index contributed by atoms with van der Waals surface area (Å²) in [6, 6.07) is 5.61. The van der Waals surface area contributed by atoms with Crippen LogP contribution in [0.2, 0.25) is 0 Å². The number of benzene rings is 1. The molecule has 0 saturated heterocycles. The Hall–Kier alpha value is -1.31. The van der Waals surface area contributed by atoms with E-state index in [1.165, 1.54) is 0 Å². The van der Waals surface area contributed by atoms with Crippen molar-refractivity contribution in [3.05, 3.63) is 29.3 Å². The summed E-state index contributed by atoms with van der Waals surface area (Å²) in [7, 11) is 0. The number of hydrogen-bond acceptors (Lipinski definition) is 2. The van der Waals surface area contributed by atoms with Crippen LogP contribution in [0.25, 0.3) is 0 Å². The Balaban J connectivity index is 2.62. The lowest BCUT2D eigenvalue weighted by molar-refractivity contribution is 0.0975. The molecule has 1 unspecified atom stereocenters. The van der Waals surface area contributed by atoms with Crippen LogP contribution in [0.3, 0.4) is 0 Å². The number of Topliss-reactive ketones (excluding diaryl/α,β-unsaturated/α-hetero) is 1. The minimum Gasteiger partial charge on any atom is -0.399 e. The first-order valence-corrected chi connectivity index (χ1v) is 5.00. The summed E-state index contributed by atoms with van der Waals surface area (Å²) in [6.07, 6.45) is 1.61. The highest BCUT2D eigenvalue weighted by Crippen LogP contribution is 2.41. The first-order valence-electron chi connectivity index (χ1n) is 5.00. The average Bonchev–Trinajstić information content (AvgIpc) is 2.40. The Morgan fingerprint density at radius 2 is 2.21 bits per heavy atom. The number of ketones is 1. The monoisotopic (exact) mass is 189 g/mol. The van der Waals surface area contributed by atoms with Crippen LogP contribution in [0.4, 0.5) is 5.69 Å². The van der Waals surface area contributed by atoms with Crippen molar-refractivity contribution in [2.45, 2.75) is 32.1 Å². The van der Waals surface area contributed by atoms with Crippen molar-refractivity contribution in [1.82, 2.24) is 0 Å². The standard InChI is InChI=1S/C12H15NO/c1-3-12(2)7-11(14)9-5-4-8(13)6-10(9)12/h4-6H,3,7,13H2,1-2H3. The minimum absolute atomic E-state index is 0.00178. The van der Waals surface area contributed by atoms with Gasteiger partial charge in [0.05, 0.1) is 0 Å². The molecule has 0 fully saturated rings. The number of fused-ring (bicyclic) bond motifs is 1. The fraction of sp³-hybridized carbons (Fsp3) is 0.417. The Kier molecular flexibility index (Phi) is 1.88. The summed E-state index contributed by atoms with van der Waals surface area (Å²) >= 11 is 0. The summed E-state index contributed by atoms with van der Waals surface area (Å²) < 4.78 is 0. The molecule has 2 rings (SSSR count). The number of carbonyl (C=O) groups is 1. The Morgan fingerprint density at radius 1 is 1.50 bits per heavy atom. The highest BCUT2D eigenvalue weighted by molar-refractivity contribution is 6.02. The van der Waals surface area contributed by atoms with Crippen LogP contribution in [0, 0.1) is 0 Å². The summed E-state index contributed by atoms with van der Waals surface area (Å²) in [5.74, 6) is 0.254. The van der Waals surface area contributed by atoms with Crippen molar-refractivity contribution in [1.29, 1.82) is 0 Å². The second-order valence-corrected chi connectivity index (χ2v) is 4.32. The molecular weight excluding hydrogens is 174 g/mol. The number of hydrogen-bond donors (Lipinski definition) is 1. The molecule has 0 heterocycles. The molecule has 2 N–H and O–H groups in total. The summed E-state index contributed by atoms with van der Waals surface area (Å²) in [5, 5.41) is 0. The molecule has 0 aliphatic heterocycles. The molecule has 2 nitrogen and oxygen atoms in total. The number of nitrogen functional groups attached to an aromatic ring is 1. The lowest BCUT2D eigenvalue weighted by atomic mass is 9.81. The highest BCUT2D eigenvalue weighted by atomic mass is 16.1. The zero-order chi connectivity index (χ0) is 10.3. The van der Waals surface area contributed by atoms with E-state index in [1.807, 2.05) is 12.1 Å². The Morgan fingerprint density at radius 3 is 2.86 bits per heavy atom. The van der Waals surface area contributed by atoms with Crippen LogP contribution in [0.5, 0.6) is 0 Å². The molecule has 1 aromatic carbocycles. The Bertz CT molecular complexity index is 397. The van der Waals surface area contributed by atoms with Gasteiger partial charge < -0.3 is 5.73 Å². The predicted molar refractivity (Wildman–Crippen MR) is 57.4 cm³/mol. The van der Waals surface area contributed by atoms with E-state index in [9.17, 15) is 4.79 Å². The van der Waals surface area contributed by atoms with E-state index in [-0.39, 0.29) is 11.2 Å². The van der Waals surface area contributed by atoms with E-state index in [0.717, 1.165) is 23.2 Å². The number of rotatable bonds is 1. The molecule has 0 spiro atoms. The zero-order valence-electron chi connectivity index (χ0n) is 8.63. The molecule has 2 heteroatoms. The molecule has 14 heavy (non-hydrogen) atoms. The molecule has 1 aromatic rings. The quantitative estimate of drug-likeness (QED) is 0.690. The molecule has 0 saturated carbocycles. The van der Waals surface area contributed by atoms with Crippen molar-refractivity contribution in [2.24, 2.45) is 0 Å². The fourth-order valence-corrected chi connectivity index (χ4v) is 2.16. The molecule has 0 aromatic heterocycles. The van der Waals surface area contributed by atoms with Crippen LogP contribution in [-0.2, 0) is 5.41 Å². The van der Waals surface area contributed by atoms with Crippen molar-refractivity contribution < 1.29 is 4.79 Å². The van der Waals surface area contributed by atoms with E-state index in [4.69, 9.17) is 5.73 Å². The van der Waals surface area contributed by atoms with Crippen LogP contribution in [0.15, 0.2) is 18.2 Å². The van der Waals surface area contributed by atoms with Gasteiger partial charge in [-0.3, -0.25) is 4.79 Å². The van der Waals surface area contributed by atoms with E-state index in [0.29, 0.717) is 6.42 Å². The van der Waals surface area contributed by atoms with E-state index >= 15 is 0 Å². The van der Waals surface area contributed by atoms with Gasteiger partial charge in [0, 0.05) is 23.1 Å². The highest BCUT2D eigenvalue weighted by Gasteiger charge is 2.37. The fourth-order valence-electron chi connectivity index (χ4n) is 2.16. The molecular formula is C12H15NO. The lowest BCUT2D eigenvalue weighted by Crippen LogP contribution is -2.17. The van der Waals surface area contributed by atoms with Crippen molar-refractivity contribution in [3.8, 4) is 0 Å². The average molecular weight is 189 g/mol. The molecule has 0 bridgehead atoms. The SMILES string of the molecule is CCC1(C)CC(=O)c2ccc(N)cc21. The molecule has 0 amide bonds. The Labute approximate surface area is 84.1 Å². The normalized spacial score (nSPS) is 25.1. The largest absolute Gasteiger partial charge is 0.399 e. The van der Waals surface area contributed by atoms with E-state index in [2.05, 4.69) is 13.8 Å². The molecule has 74 valence electrons. The van der Waals surface area contributed by atoms with Gasteiger partial charge in [-0.05, 0) is 30.2 Å². The van der Waals surface area contributed by atoms with Crippen molar-refractivity contribution >= 4 is 11.5 Å². The zero-order valence-corrected chi connectivity index (χ0v) is 8.63. The van der Waals surface area contributed by atoms with E-state index < -0.39 is 0 Å². The summed E-state index contributed by atoms with van der Waals surface area (Å²) in [4.78, 5) is 11.7. The van der Waals surface area contributed by atoms with Crippen LogP contribution >= 0.6 is 0 Å². The topological polar surface area (TPSA) is 43.1 Å². The number of nitrogens with two attached hydrogens (primary N) is 1. The third-order valence-corrected chi connectivity index (χ3v) is 3.33. The van der Waals surface area contributed by atoms with Crippen molar-refractivity contribution in [2.75, 3.05) is 5.73 Å². The van der Waals surface area contributed by atoms with E-state index in [1.54, 1.807) is 6.07 Å². The van der Waals surface area contributed by atoms with Gasteiger partial charge in [0.2, 0.25) is 0 Å². The predicted octanol–water partition coefficient (Wildman–Crippen LogP) is 2.52. The van der Waals surface area contributed by atoms with Gasteiger partial charge in [-0.2, -0.15) is 0 Å². The molecule has 1 aliphatic rings. The van der Waals surface area contributed by atoms with Crippen LogP contribution in [0.1, 0.15) is 42.6 Å². The van der Waals surface area contributed by atoms with Gasteiger partial charge >= 0.3 is 0 Å². The van der Waals surface area contributed by atoms with Gasteiger partial charge in [-0.1, -0.05) is 13.8 Å².